The van der Waals surface area contributed by atoms with E-state index in [1.165, 1.54) is 0 Å². The number of benzene rings is 3. The van der Waals surface area contributed by atoms with Crippen molar-refractivity contribution in [2.45, 2.75) is 18.9 Å². The normalized spacial score (nSPS) is 13.5. The van der Waals surface area contributed by atoms with Crippen LogP contribution >= 0.6 is 0 Å². The summed E-state index contributed by atoms with van der Waals surface area (Å²) in [7, 11) is 0. The molecule has 2 nitrogen and oxygen atoms in total. The van der Waals surface area contributed by atoms with Crippen molar-refractivity contribution in [3.05, 3.63) is 83.4 Å². The maximum absolute atomic E-state index is 10.8. The predicted molar refractivity (Wildman–Crippen MR) is 88.4 cm³/mol. The number of hydrogen-bond acceptors (Lipinski definition) is 2. The predicted octanol–water partition coefficient (Wildman–Crippen LogP) is 4.49. The molecule has 0 aliphatic rings. The molecule has 0 bridgehead atoms. The van der Waals surface area contributed by atoms with E-state index in [0.29, 0.717) is 0 Å². The first-order valence-corrected chi connectivity index (χ1v) is 7.33. The molecule has 2 heteroatoms. The van der Waals surface area contributed by atoms with E-state index in [0.717, 1.165) is 27.5 Å². The van der Waals surface area contributed by atoms with Crippen molar-refractivity contribution in [1.29, 1.82) is 5.26 Å². The van der Waals surface area contributed by atoms with Crippen molar-refractivity contribution in [2.75, 3.05) is 0 Å². The Morgan fingerprint density at radius 1 is 0.864 bits per heavy atom. The number of fused-ring (bicyclic) bond motifs is 1. The van der Waals surface area contributed by atoms with Gasteiger partial charge in [-0.25, -0.2) is 0 Å². The minimum atomic E-state index is -0.836. The van der Waals surface area contributed by atoms with Gasteiger partial charge in [-0.1, -0.05) is 66.7 Å². The molecule has 0 radical (unpaired) electrons. The van der Waals surface area contributed by atoms with Gasteiger partial charge in [0, 0.05) is 0 Å². The first kappa shape index (κ1) is 14.3. The van der Waals surface area contributed by atoms with Gasteiger partial charge in [0.15, 0.2) is 0 Å². The van der Waals surface area contributed by atoms with Crippen molar-refractivity contribution in [3.8, 4) is 6.07 Å². The lowest BCUT2D eigenvalue weighted by molar-refractivity contribution is 0.164. The molecule has 0 amide bonds. The molecule has 3 rings (SSSR count). The molecule has 0 aromatic heterocycles. The summed E-state index contributed by atoms with van der Waals surface area (Å²) < 4.78 is 0. The van der Waals surface area contributed by atoms with Gasteiger partial charge in [-0.3, -0.25) is 0 Å². The second-order valence-corrected chi connectivity index (χ2v) is 5.48. The maximum atomic E-state index is 10.8. The Kier molecular flexibility index (Phi) is 3.91. The zero-order valence-corrected chi connectivity index (χ0v) is 12.4. The molecule has 0 aliphatic carbocycles. The summed E-state index contributed by atoms with van der Waals surface area (Å²) in [5.74, 6) is -0.591. The van der Waals surface area contributed by atoms with E-state index >= 15 is 0 Å². The molecule has 0 spiro atoms. The molecule has 0 unspecified atom stereocenters. The topological polar surface area (TPSA) is 44.0 Å². The van der Waals surface area contributed by atoms with Crippen molar-refractivity contribution in [3.63, 3.8) is 0 Å². The average molecular weight is 287 g/mol. The van der Waals surface area contributed by atoms with Crippen LogP contribution in [-0.4, -0.2) is 5.11 Å². The van der Waals surface area contributed by atoms with Crippen molar-refractivity contribution in [2.24, 2.45) is 0 Å². The Hall–Kier alpha value is -2.63. The molecule has 0 fully saturated rings. The zero-order chi connectivity index (χ0) is 15.5. The van der Waals surface area contributed by atoms with Gasteiger partial charge in [-0.05, 0) is 34.4 Å². The molecule has 0 saturated heterocycles. The first-order chi connectivity index (χ1) is 10.7. The van der Waals surface area contributed by atoms with E-state index in [9.17, 15) is 10.4 Å². The summed E-state index contributed by atoms with van der Waals surface area (Å²) in [6.07, 6.45) is -0.836. The highest BCUT2D eigenvalue weighted by Gasteiger charge is 2.25. The Balaban J connectivity index is 2.11. The fourth-order valence-corrected chi connectivity index (χ4v) is 2.93. The quantitative estimate of drug-likeness (QED) is 0.771. The Morgan fingerprint density at radius 3 is 2.27 bits per heavy atom. The molecule has 0 heterocycles. The van der Waals surface area contributed by atoms with Crippen LogP contribution in [0, 0.1) is 18.3 Å². The third kappa shape index (κ3) is 2.47. The third-order valence-electron chi connectivity index (χ3n) is 4.12. The van der Waals surface area contributed by atoms with Crippen LogP contribution in [0.4, 0.5) is 0 Å². The minimum absolute atomic E-state index is 0.591. The SMILES string of the molecule is Cc1ccccc1[C@H](O)[C@@H](C#N)c1cccc2ccccc12. The van der Waals surface area contributed by atoms with Crippen LogP contribution in [0.15, 0.2) is 66.7 Å². The highest BCUT2D eigenvalue weighted by Crippen LogP contribution is 2.35. The van der Waals surface area contributed by atoms with Gasteiger partial charge in [-0.2, -0.15) is 5.26 Å². The van der Waals surface area contributed by atoms with Gasteiger partial charge in [0.25, 0.3) is 0 Å². The molecule has 3 aromatic rings. The third-order valence-corrected chi connectivity index (χ3v) is 4.12. The maximum Gasteiger partial charge on any atom is 0.102 e. The van der Waals surface area contributed by atoms with E-state index in [2.05, 4.69) is 6.07 Å². The molecule has 0 aliphatic heterocycles. The van der Waals surface area contributed by atoms with Crippen LogP contribution in [0.2, 0.25) is 0 Å². The van der Waals surface area contributed by atoms with Gasteiger partial charge in [-0.15, -0.1) is 0 Å². The lowest BCUT2D eigenvalue weighted by Crippen LogP contribution is -2.11. The van der Waals surface area contributed by atoms with E-state index in [-0.39, 0.29) is 0 Å². The van der Waals surface area contributed by atoms with Crippen molar-refractivity contribution >= 4 is 10.8 Å². The highest BCUT2D eigenvalue weighted by atomic mass is 16.3. The molecular formula is C20H17NO. The molecule has 22 heavy (non-hydrogen) atoms. The molecular weight excluding hydrogens is 270 g/mol. The summed E-state index contributed by atoms with van der Waals surface area (Å²) in [4.78, 5) is 0. The average Bonchev–Trinajstić information content (AvgIpc) is 2.56. The largest absolute Gasteiger partial charge is 0.387 e. The Bertz CT molecular complexity index is 842. The number of nitriles is 1. The standard InChI is InChI=1S/C20H17NO/c1-14-7-2-4-10-16(14)20(22)19(13-21)18-12-6-9-15-8-3-5-11-17(15)18/h2-12,19-20,22H,1H3/t19-,20-/m0/s1. The fourth-order valence-electron chi connectivity index (χ4n) is 2.93. The van der Waals surface area contributed by atoms with Crippen LogP contribution in [-0.2, 0) is 0 Å². The van der Waals surface area contributed by atoms with Crippen LogP contribution in [0.3, 0.4) is 0 Å². The lowest BCUT2D eigenvalue weighted by Gasteiger charge is -2.20. The van der Waals surface area contributed by atoms with Crippen LogP contribution < -0.4 is 0 Å². The molecule has 3 aromatic carbocycles. The number of aryl methyl sites for hydroxylation is 1. The molecule has 108 valence electrons. The summed E-state index contributed by atoms with van der Waals surface area (Å²) in [5.41, 5.74) is 2.67. The van der Waals surface area contributed by atoms with Crippen molar-refractivity contribution in [1.82, 2.24) is 0 Å². The van der Waals surface area contributed by atoms with Gasteiger partial charge < -0.3 is 5.11 Å². The second-order valence-electron chi connectivity index (χ2n) is 5.48. The van der Waals surface area contributed by atoms with Crippen LogP contribution in [0.5, 0.6) is 0 Å². The van der Waals surface area contributed by atoms with Crippen molar-refractivity contribution < 1.29 is 5.11 Å². The van der Waals surface area contributed by atoms with E-state index in [1.54, 1.807) is 0 Å². The second kappa shape index (κ2) is 6.01. The fraction of sp³-hybridized carbons (Fsp3) is 0.150. The molecule has 2 atom stereocenters. The molecule has 0 saturated carbocycles. The summed E-state index contributed by atoms with van der Waals surface area (Å²) in [6.45, 7) is 1.95. The van der Waals surface area contributed by atoms with E-state index in [4.69, 9.17) is 0 Å². The monoisotopic (exact) mass is 287 g/mol. The van der Waals surface area contributed by atoms with Gasteiger partial charge in [0.2, 0.25) is 0 Å². The van der Waals surface area contributed by atoms with Crippen LogP contribution in [0.1, 0.15) is 28.7 Å². The van der Waals surface area contributed by atoms with E-state index in [1.807, 2.05) is 73.7 Å². The number of aliphatic hydroxyl groups excluding tert-OH is 1. The van der Waals surface area contributed by atoms with E-state index < -0.39 is 12.0 Å². The number of hydrogen-bond donors (Lipinski definition) is 1. The zero-order valence-electron chi connectivity index (χ0n) is 12.4. The van der Waals surface area contributed by atoms with Gasteiger partial charge in [0.05, 0.1) is 12.2 Å². The Labute approximate surface area is 130 Å². The van der Waals surface area contributed by atoms with Gasteiger partial charge >= 0.3 is 0 Å². The Morgan fingerprint density at radius 2 is 1.50 bits per heavy atom. The number of nitrogens with zero attached hydrogens (tertiary/aromatic N) is 1. The lowest BCUT2D eigenvalue weighted by atomic mass is 9.86. The summed E-state index contributed by atoms with van der Waals surface area (Å²) in [5, 5.41) is 22.5. The van der Waals surface area contributed by atoms with Crippen LogP contribution in [0.25, 0.3) is 10.8 Å². The number of aliphatic hydroxyl groups is 1. The highest BCUT2D eigenvalue weighted by molar-refractivity contribution is 5.86. The first-order valence-electron chi connectivity index (χ1n) is 7.33. The van der Waals surface area contributed by atoms with Gasteiger partial charge in [0.1, 0.15) is 5.92 Å². The molecule has 1 N–H and O–H groups in total. The number of rotatable bonds is 3. The smallest absolute Gasteiger partial charge is 0.102 e. The summed E-state index contributed by atoms with van der Waals surface area (Å²) >= 11 is 0. The summed E-state index contributed by atoms with van der Waals surface area (Å²) in [6, 6.07) is 23.8. The minimum Gasteiger partial charge on any atom is -0.387 e.